The Morgan fingerprint density at radius 1 is 1.32 bits per heavy atom. The van der Waals surface area contributed by atoms with Crippen LogP contribution in [0.5, 0.6) is 0 Å². The Morgan fingerprint density at radius 2 is 2.05 bits per heavy atom. The second kappa shape index (κ2) is 6.10. The summed E-state index contributed by atoms with van der Waals surface area (Å²) in [5.74, 6) is -1.39. The van der Waals surface area contributed by atoms with E-state index in [2.05, 4.69) is 10.3 Å². The predicted molar refractivity (Wildman–Crippen MR) is 70.8 cm³/mol. The van der Waals surface area contributed by atoms with E-state index < -0.39 is 12.0 Å². The first-order chi connectivity index (χ1) is 9.16. The van der Waals surface area contributed by atoms with Crippen molar-refractivity contribution in [3.63, 3.8) is 0 Å². The molecule has 0 fully saturated rings. The molecule has 2 aromatic rings. The number of aromatic nitrogens is 1. The van der Waals surface area contributed by atoms with E-state index >= 15 is 0 Å². The zero-order valence-electron chi connectivity index (χ0n) is 9.95. The molecule has 0 bridgehead atoms. The van der Waals surface area contributed by atoms with Gasteiger partial charge in [-0.05, 0) is 29.1 Å². The first kappa shape index (κ1) is 13.2. The molecule has 2 N–H and O–H groups in total. The van der Waals surface area contributed by atoms with E-state index in [1.807, 2.05) is 0 Å². The molecular formula is C13H12N2O3S. The minimum absolute atomic E-state index is 0.137. The van der Waals surface area contributed by atoms with Gasteiger partial charge in [-0.25, -0.2) is 4.79 Å². The number of hydrogen-bond acceptors (Lipinski definition) is 4. The number of thiophene rings is 1. The fourth-order valence-electron chi connectivity index (χ4n) is 1.61. The van der Waals surface area contributed by atoms with Crippen molar-refractivity contribution in [1.82, 2.24) is 10.3 Å². The summed E-state index contributed by atoms with van der Waals surface area (Å²) in [5, 5.41) is 13.4. The third-order valence-corrected chi connectivity index (χ3v) is 3.43. The van der Waals surface area contributed by atoms with Gasteiger partial charge in [-0.2, -0.15) is 0 Å². The highest BCUT2D eigenvalue weighted by Gasteiger charge is 2.22. The zero-order valence-corrected chi connectivity index (χ0v) is 10.8. The maximum absolute atomic E-state index is 11.8. The number of nitrogens with one attached hydrogen (secondary N) is 1. The van der Waals surface area contributed by atoms with Crippen LogP contribution in [0.15, 0.2) is 42.0 Å². The van der Waals surface area contributed by atoms with Crippen LogP contribution in [0.3, 0.4) is 0 Å². The number of carboxylic acids is 1. The maximum Gasteiger partial charge on any atom is 0.331 e. The van der Waals surface area contributed by atoms with Crippen LogP contribution in [-0.2, 0) is 16.0 Å². The van der Waals surface area contributed by atoms with Gasteiger partial charge in [-0.3, -0.25) is 9.78 Å². The second-order valence-electron chi connectivity index (χ2n) is 3.89. The molecule has 0 aliphatic heterocycles. The molecule has 2 aromatic heterocycles. The quantitative estimate of drug-likeness (QED) is 0.870. The highest BCUT2D eigenvalue weighted by atomic mass is 32.1. The zero-order chi connectivity index (χ0) is 13.7. The topological polar surface area (TPSA) is 79.3 Å². The first-order valence-corrected chi connectivity index (χ1v) is 6.49. The molecule has 1 amide bonds. The lowest BCUT2D eigenvalue weighted by molar-refractivity contribution is -0.141. The van der Waals surface area contributed by atoms with E-state index in [4.69, 9.17) is 5.11 Å². The van der Waals surface area contributed by atoms with Gasteiger partial charge < -0.3 is 10.4 Å². The molecule has 0 spiro atoms. The Bertz CT molecular complexity index is 555. The fraction of sp³-hybridized carbons (Fsp3) is 0.154. The summed E-state index contributed by atoms with van der Waals surface area (Å²) in [5.41, 5.74) is 0.794. The number of hydrogen-bond donors (Lipinski definition) is 2. The van der Waals surface area contributed by atoms with Crippen LogP contribution in [0.2, 0.25) is 0 Å². The van der Waals surface area contributed by atoms with Gasteiger partial charge >= 0.3 is 5.97 Å². The van der Waals surface area contributed by atoms with Crippen molar-refractivity contribution >= 4 is 23.2 Å². The molecule has 0 aliphatic rings. The van der Waals surface area contributed by atoms with Crippen LogP contribution in [0, 0.1) is 0 Å². The molecule has 2 heterocycles. The minimum Gasteiger partial charge on any atom is -0.479 e. The number of pyridine rings is 1. The van der Waals surface area contributed by atoms with Crippen LogP contribution in [0.4, 0.5) is 0 Å². The van der Waals surface area contributed by atoms with Gasteiger partial charge in [0.25, 0.3) is 0 Å². The molecule has 2 rings (SSSR count). The van der Waals surface area contributed by atoms with E-state index in [0.29, 0.717) is 4.88 Å². The number of carbonyl (C=O) groups is 2. The molecule has 19 heavy (non-hydrogen) atoms. The van der Waals surface area contributed by atoms with Gasteiger partial charge in [0, 0.05) is 17.3 Å². The molecule has 0 aliphatic carbocycles. The lowest BCUT2D eigenvalue weighted by Gasteiger charge is -2.12. The normalized spacial score (nSPS) is 11.8. The Morgan fingerprint density at radius 3 is 2.63 bits per heavy atom. The lowest BCUT2D eigenvalue weighted by Crippen LogP contribution is -2.34. The number of aliphatic carboxylic acids is 1. The summed E-state index contributed by atoms with van der Waals surface area (Å²) in [6.07, 6.45) is 3.32. The molecule has 0 saturated heterocycles. The van der Waals surface area contributed by atoms with Crippen LogP contribution < -0.4 is 5.32 Å². The van der Waals surface area contributed by atoms with Crippen molar-refractivity contribution in [2.75, 3.05) is 0 Å². The average Bonchev–Trinajstić information content (AvgIpc) is 2.90. The maximum atomic E-state index is 11.8. The SMILES string of the molecule is O=C(Cc1ccncc1)NC(C(=O)O)c1cccs1. The molecule has 98 valence electrons. The highest BCUT2D eigenvalue weighted by molar-refractivity contribution is 7.10. The number of amides is 1. The predicted octanol–water partition coefficient (Wildman–Crippen LogP) is 1.63. The van der Waals surface area contributed by atoms with Gasteiger partial charge in [0.15, 0.2) is 6.04 Å². The van der Waals surface area contributed by atoms with Crippen LogP contribution in [0.25, 0.3) is 0 Å². The monoisotopic (exact) mass is 276 g/mol. The van der Waals surface area contributed by atoms with E-state index in [-0.39, 0.29) is 12.3 Å². The van der Waals surface area contributed by atoms with E-state index in [1.54, 1.807) is 42.0 Å². The Hall–Kier alpha value is -2.21. The molecule has 0 saturated carbocycles. The lowest BCUT2D eigenvalue weighted by atomic mass is 10.1. The van der Waals surface area contributed by atoms with E-state index in [0.717, 1.165) is 5.56 Å². The molecule has 1 atom stereocenters. The van der Waals surface area contributed by atoms with Crippen molar-refractivity contribution < 1.29 is 14.7 Å². The van der Waals surface area contributed by atoms with Crippen molar-refractivity contribution in [2.24, 2.45) is 0 Å². The van der Waals surface area contributed by atoms with Crippen LogP contribution in [-0.4, -0.2) is 22.0 Å². The summed E-state index contributed by atoms with van der Waals surface area (Å²) in [4.78, 5) is 27.5. The second-order valence-corrected chi connectivity index (χ2v) is 4.87. The highest BCUT2D eigenvalue weighted by Crippen LogP contribution is 2.19. The summed E-state index contributed by atoms with van der Waals surface area (Å²) < 4.78 is 0. The fourth-order valence-corrected chi connectivity index (χ4v) is 2.38. The third-order valence-electron chi connectivity index (χ3n) is 2.49. The molecular weight excluding hydrogens is 264 g/mol. The van der Waals surface area contributed by atoms with E-state index in [9.17, 15) is 9.59 Å². The van der Waals surface area contributed by atoms with Crippen molar-refractivity contribution in [3.05, 3.63) is 52.5 Å². The Labute approximate surface area is 113 Å². The molecule has 5 nitrogen and oxygen atoms in total. The minimum atomic E-state index is -1.06. The standard InChI is InChI=1S/C13H12N2O3S/c16-11(8-9-3-5-14-6-4-9)15-12(13(17)18)10-2-1-7-19-10/h1-7,12H,8H2,(H,15,16)(H,17,18). The van der Waals surface area contributed by atoms with Crippen molar-refractivity contribution in [3.8, 4) is 0 Å². The summed E-state index contributed by atoms with van der Waals surface area (Å²) in [6.45, 7) is 0. The van der Waals surface area contributed by atoms with Crippen LogP contribution >= 0.6 is 11.3 Å². The Balaban J connectivity index is 2.02. The van der Waals surface area contributed by atoms with Gasteiger partial charge in [-0.1, -0.05) is 6.07 Å². The molecule has 0 aromatic carbocycles. The van der Waals surface area contributed by atoms with E-state index in [1.165, 1.54) is 11.3 Å². The third kappa shape index (κ3) is 3.62. The number of carboxylic acid groups (broad SMARTS) is 1. The van der Waals surface area contributed by atoms with Crippen molar-refractivity contribution in [1.29, 1.82) is 0 Å². The number of rotatable bonds is 5. The Kier molecular flexibility index (Phi) is 4.25. The largest absolute Gasteiger partial charge is 0.479 e. The molecule has 1 unspecified atom stereocenters. The van der Waals surface area contributed by atoms with Gasteiger partial charge in [0.2, 0.25) is 5.91 Å². The number of carbonyl (C=O) groups excluding carboxylic acids is 1. The van der Waals surface area contributed by atoms with Crippen LogP contribution in [0.1, 0.15) is 16.5 Å². The van der Waals surface area contributed by atoms with Crippen molar-refractivity contribution in [2.45, 2.75) is 12.5 Å². The average molecular weight is 276 g/mol. The number of nitrogens with zero attached hydrogens (tertiary/aromatic N) is 1. The molecule has 6 heteroatoms. The summed E-state index contributed by atoms with van der Waals surface area (Å²) in [6, 6.07) is 5.90. The summed E-state index contributed by atoms with van der Waals surface area (Å²) in [7, 11) is 0. The van der Waals surface area contributed by atoms with Gasteiger partial charge in [-0.15, -0.1) is 11.3 Å². The van der Waals surface area contributed by atoms with Gasteiger partial charge in [0.1, 0.15) is 0 Å². The van der Waals surface area contributed by atoms with Gasteiger partial charge in [0.05, 0.1) is 6.42 Å². The smallest absolute Gasteiger partial charge is 0.331 e. The molecule has 0 radical (unpaired) electrons. The first-order valence-electron chi connectivity index (χ1n) is 5.61. The summed E-state index contributed by atoms with van der Waals surface area (Å²) >= 11 is 1.30.